The molecule has 11 heteroatoms. The highest BCUT2D eigenvalue weighted by atomic mass is 32.1. The highest BCUT2D eigenvalue weighted by Gasteiger charge is 2.28. The van der Waals surface area contributed by atoms with Gasteiger partial charge >= 0.3 is 11.7 Å². The van der Waals surface area contributed by atoms with Crippen molar-refractivity contribution in [1.82, 2.24) is 10.2 Å². The van der Waals surface area contributed by atoms with Crippen molar-refractivity contribution in [2.24, 2.45) is 0 Å². The highest BCUT2D eigenvalue weighted by molar-refractivity contribution is 7.18. The number of anilines is 1. The zero-order valence-corrected chi connectivity index (χ0v) is 14.4. The molecular weight excluding hydrogens is 352 g/mol. The molecule has 0 fully saturated rings. The largest absolute Gasteiger partial charge is 0.462 e. The SMILES string of the molecule is CCOC(=O)c1c(NC(=O)c2[nH]ncc2[N+](=O)[O-])sc(C(C)=O)c1C. The number of amides is 1. The molecule has 1 amide bonds. The smallest absolute Gasteiger partial charge is 0.341 e. The topological polar surface area (TPSA) is 144 Å². The average Bonchev–Trinajstić information content (AvgIpc) is 3.12. The summed E-state index contributed by atoms with van der Waals surface area (Å²) in [5, 5.41) is 19.1. The number of esters is 1. The number of carbonyl (C=O) groups is 3. The number of hydrogen-bond acceptors (Lipinski definition) is 8. The summed E-state index contributed by atoms with van der Waals surface area (Å²) in [7, 11) is 0. The second kappa shape index (κ2) is 7.21. The Morgan fingerprint density at radius 3 is 2.68 bits per heavy atom. The lowest BCUT2D eigenvalue weighted by Gasteiger charge is -2.06. The molecule has 0 saturated carbocycles. The van der Waals surface area contributed by atoms with Crippen molar-refractivity contribution in [3.8, 4) is 0 Å². The van der Waals surface area contributed by atoms with Crippen molar-refractivity contribution in [1.29, 1.82) is 0 Å². The van der Waals surface area contributed by atoms with Gasteiger partial charge in [-0.15, -0.1) is 11.3 Å². The number of rotatable bonds is 6. The standard InChI is InChI=1S/C14H14N4O6S/c1-4-24-14(21)9-6(2)11(7(3)19)25-13(9)16-12(20)10-8(18(22)23)5-15-17-10/h5H,4H2,1-3H3,(H,15,17)(H,16,20). The summed E-state index contributed by atoms with van der Waals surface area (Å²) in [4.78, 5) is 46.6. The molecule has 0 aliphatic rings. The van der Waals surface area contributed by atoms with Gasteiger partial charge in [0.25, 0.3) is 5.91 Å². The number of nitrogens with zero attached hydrogens (tertiary/aromatic N) is 2. The zero-order chi connectivity index (χ0) is 18.7. The van der Waals surface area contributed by atoms with Crippen LogP contribution in [0.2, 0.25) is 0 Å². The number of H-pyrrole nitrogens is 1. The zero-order valence-electron chi connectivity index (χ0n) is 13.5. The lowest BCUT2D eigenvalue weighted by atomic mass is 10.1. The van der Waals surface area contributed by atoms with E-state index in [4.69, 9.17) is 4.74 Å². The van der Waals surface area contributed by atoms with Gasteiger partial charge in [-0.05, 0) is 26.3 Å². The van der Waals surface area contributed by atoms with Crippen molar-refractivity contribution < 1.29 is 24.0 Å². The molecule has 0 atom stereocenters. The van der Waals surface area contributed by atoms with Gasteiger partial charge in [-0.3, -0.25) is 24.8 Å². The minimum atomic E-state index is -0.855. The van der Waals surface area contributed by atoms with Crippen molar-refractivity contribution in [3.05, 3.63) is 38.0 Å². The molecule has 0 saturated heterocycles. The third-order valence-corrected chi connectivity index (χ3v) is 4.52. The molecule has 0 spiro atoms. The number of Topliss-reactive ketones (excluding diaryl/α,β-unsaturated/α-hetero) is 1. The van der Waals surface area contributed by atoms with E-state index in [2.05, 4.69) is 15.5 Å². The Balaban J connectivity index is 2.44. The third-order valence-electron chi connectivity index (χ3n) is 3.22. The Kier molecular flexibility index (Phi) is 5.27. The third kappa shape index (κ3) is 3.55. The highest BCUT2D eigenvalue weighted by Crippen LogP contribution is 2.34. The number of nitrogens with one attached hydrogen (secondary N) is 2. The van der Waals surface area contributed by atoms with Gasteiger partial charge in [-0.1, -0.05) is 0 Å². The second-order valence-electron chi connectivity index (χ2n) is 4.88. The van der Waals surface area contributed by atoms with E-state index < -0.39 is 22.5 Å². The summed E-state index contributed by atoms with van der Waals surface area (Å²) in [5.74, 6) is -1.83. The monoisotopic (exact) mass is 366 g/mol. The Bertz CT molecular complexity index is 869. The van der Waals surface area contributed by atoms with Crippen molar-refractivity contribution in [3.63, 3.8) is 0 Å². The number of thiophene rings is 1. The first kappa shape index (κ1) is 18.3. The van der Waals surface area contributed by atoms with Crippen molar-refractivity contribution >= 4 is 39.7 Å². The molecule has 0 bridgehead atoms. The average molecular weight is 366 g/mol. The fraction of sp³-hybridized carbons (Fsp3) is 0.286. The lowest BCUT2D eigenvalue weighted by Crippen LogP contribution is -2.16. The first-order chi connectivity index (χ1) is 11.8. The van der Waals surface area contributed by atoms with E-state index in [1.807, 2.05) is 0 Å². The maximum atomic E-state index is 12.3. The van der Waals surface area contributed by atoms with Crippen LogP contribution in [0, 0.1) is 17.0 Å². The van der Waals surface area contributed by atoms with Crippen LogP contribution in [0.25, 0.3) is 0 Å². The molecule has 10 nitrogen and oxygen atoms in total. The number of nitro groups is 1. The molecule has 0 aromatic carbocycles. The predicted octanol–water partition coefficient (Wildman–Crippen LogP) is 2.32. The summed E-state index contributed by atoms with van der Waals surface area (Å²) in [6, 6.07) is 0. The van der Waals surface area contributed by atoms with Gasteiger partial charge in [0.1, 0.15) is 11.2 Å². The molecule has 0 radical (unpaired) electrons. The molecular formula is C14H14N4O6S. The van der Waals surface area contributed by atoms with E-state index in [-0.39, 0.29) is 33.5 Å². The molecule has 2 rings (SSSR count). The number of aromatic nitrogens is 2. The van der Waals surface area contributed by atoms with Crippen LogP contribution >= 0.6 is 11.3 Å². The first-order valence-corrected chi connectivity index (χ1v) is 7.90. The van der Waals surface area contributed by atoms with E-state index in [1.165, 1.54) is 6.92 Å². The molecule has 132 valence electrons. The maximum Gasteiger partial charge on any atom is 0.341 e. The lowest BCUT2D eigenvalue weighted by molar-refractivity contribution is -0.385. The Morgan fingerprint density at radius 2 is 2.12 bits per heavy atom. The van der Waals surface area contributed by atoms with E-state index in [9.17, 15) is 24.5 Å². The fourth-order valence-electron chi connectivity index (χ4n) is 2.14. The molecule has 0 aliphatic carbocycles. The molecule has 2 heterocycles. The second-order valence-corrected chi connectivity index (χ2v) is 5.90. The summed E-state index contributed by atoms with van der Waals surface area (Å²) in [6.07, 6.45) is 0.905. The van der Waals surface area contributed by atoms with Gasteiger partial charge in [0.05, 0.1) is 22.0 Å². The Morgan fingerprint density at radius 1 is 1.44 bits per heavy atom. The van der Waals surface area contributed by atoms with Crippen LogP contribution < -0.4 is 5.32 Å². The quantitative estimate of drug-likeness (QED) is 0.345. The minimum Gasteiger partial charge on any atom is -0.462 e. The number of ether oxygens (including phenoxy) is 1. The van der Waals surface area contributed by atoms with E-state index in [1.54, 1.807) is 13.8 Å². The summed E-state index contributed by atoms with van der Waals surface area (Å²) in [5.41, 5.74) is -0.441. The van der Waals surface area contributed by atoms with Gasteiger partial charge in [-0.25, -0.2) is 4.79 Å². The molecule has 0 unspecified atom stereocenters. The van der Waals surface area contributed by atoms with Crippen LogP contribution in [-0.4, -0.2) is 39.4 Å². The molecule has 25 heavy (non-hydrogen) atoms. The first-order valence-electron chi connectivity index (χ1n) is 7.08. The van der Waals surface area contributed by atoms with Gasteiger partial charge in [-0.2, -0.15) is 5.10 Å². The normalized spacial score (nSPS) is 10.4. The van der Waals surface area contributed by atoms with Crippen molar-refractivity contribution in [2.75, 3.05) is 11.9 Å². The van der Waals surface area contributed by atoms with Crippen LogP contribution in [0.3, 0.4) is 0 Å². The summed E-state index contributed by atoms with van der Waals surface area (Å²) in [6.45, 7) is 4.63. The van der Waals surface area contributed by atoms with Gasteiger partial charge < -0.3 is 10.1 Å². The summed E-state index contributed by atoms with van der Waals surface area (Å²) < 4.78 is 4.95. The minimum absolute atomic E-state index is 0.0487. The number of ketones is 1. The number of aromatic amines is 1. The molecule has 2 N–H and O–H groups in total. The van der Waals surface area contributed by atoms with Gasteiger partial charge in [0.2, 0.25) is 5.69 Å². The molecule has 0 aliphatic heterocycles. The van der Waals surface area contributed by atoms with E-state index in [0.717, 1.165) is 17.5 Å². The van der Waals surface area contributed by atoms with Gasteiger partial charge in [0, 0.05) is 0 Å². The van der Waals surface area contributed by atoms with Crippen molar-refractivity contribution in [2.45, 2.75) is 20.8 Å². The number of carbonyl (C=O) groups excluding carboxylic acids is 3. The fourth-order valence-corrected chi connectivity index (χ4v) is 3.22. The molecule has 2 aromatic rings. The van der Waals surface area contributed by atoms with E-state index in [0.29, 0.717) is 5.56 Å². The summed E-state index contributed by atoms with van der Waals surface area (Å²) >= 11 is 0.902. The molecule has 2 aromatic heterocycles. The van der Waals surface area contributed by atoms with Crippen LogP contribution in [0.15, 0.2) is 6.20 Å². The van der Waals surface area contributed by atoms with Crippen LogP contribution in [0.1, 0.15) is 49.9 Å². The number of hydrogen-bond donors (Lipinski definition) is 2. The van der Waals surface area contributed by atoms with Gasteiger partial charge in [0.15, 0.2) is 5.78 Å². The maximum absolute atomic E-state index is 12.3. The van der Waals surface area contributed by atoms with Crippen LogP contribution in [-0.2, 0) is 4.74 Å². The Labute approximate surface area is 145 Å². The van der Waals surface area contributed by atoms with Crippen LogP contribution in [0.4, 0.5) is 10.7 Å². The predicted molar refractivity (Wildman–Crippen MR) is 88.2 cm³/mol. The Hall–Kier alpha value is -3.08. The van der Waals surface area contributed by atoms with E-state index >= 15 is 0 Å². The van der Waals surface area contributed by atoms with Crippen LogP contribution in [0.5, 0.6) is 0 Å².